The van der Waals surface area contributed by atoms with Gasteiger partial charge in [-0.15, -0.1) is 0 Å². The summed E-state index contributed by atoms with van der Waals surface area (Å²) in [6, 6.07) is 7.01. The maximum absolute atomic E-state index is 12.0. The second kappa shape index (κ2) is 7.65. The third kappa shape index (κ3) is 4.63. The molecule has 0 saturated heterocycles. The molecule has 1 aromatic heterocycles. The largest absolute Gasteiger partial charge is 0.497 e. The highest BCUT2D eigenvalue weighted by molar-refractivity contribution is 7.99. The molecule has 0 aliphatic carbocycles. The van der Waals surface area contributed by atoms with Crippen molar-refractivity contribution in [2.24, 2.45) is 0 Å². The van der Waals surface area contributed by atoms with Crippen molar-refractivity contribution in [2.75, 3.05) is 25.3 Å². The van der Waals surface area contributed by atoms with Crippen LogP contribution in [0.4, 0.5) is 5.69 Å². The van der Waals surface area contributed by atoms with E-state index in [2.05, 4.69) is 15.3 Å². The summed E-state index contributed by atoms with van der Waals surface area (Å²) in [7, 11) is 3.12. The van der Waals surface area contributed by atoms with E-state index in [1.54, 1.807) is 38.6 Å². The summed E-state index contributed by atoms with van der Waals surface area (Å²) in [5.74, 6) is 1.31. The van der Waals surface area contributed by atoms with Gasteiger partial charge in [-0.25, -0.2) is 9.97 Å². The molecule has 0 spiro atoms. The van der Waals surface area contributed by atoms with Crippen LogP contribution in [0.5, 0.6) is 11.5 Å². The Morgan fingerprint density at radius 2 is 1.91 bits per heavy atom. The number of nitrogens with one attached hydrogen (secondary N) is 1. The smallest absolute Gasteiger partial charge is 0.234 e. The number of thioether (sulfide) groups is 1. The van der Waals surface area contributed by atoms with Gasteiger partial charge in [-0.3, -0.25) is 4.79 Å². The summed E-state index contributed by atoms with van der Waals surface area (Å²) >= 11 is 1.29. The molecule has 1 N–H and O–H groups in total. The van der Waals surface area contributed by atoms with Gasteiger partial charge in [0.25, 0.3) is 0 Å². The number of nitrogens with zero attached hydrogens (tertiary/aromatic N) is 2. The van der Waals surface area contributed by atoms with Crippen LogP contribution in [0.15, 0.2) is 35.6 Å². The first kappa shape index (κ1) is 16.1. The maximum Gasteiger partial charge on any atom is 0.234 e. The average Bonchev–Trinajstić information content (AvgIpc) is 2.52. The number of methoxy groups -OCH3 is 2. The predicted molar refractivity (Wildman–Crippen MR) is 85.7 cm³/mol. The highest BCUT2D eigenvalue weighted by Crippen LogP contribution is 2.26. The van der Waals surface area contributed by atoms with E-state index in [-0.39, 0.29) is 11.7 Å². The van der Waals surface area contributed by atoms with Crippen molar-refractivity contribution < 1.29 is 14.3 Å². The lowest BCUT2D eigenvalue weighted by atomic mass is 10.2. The van der Waals surface area contributed by atoms with Gasteiger partial charge < -0.3 is 14.8 Å². The van der Waals surface area contributed by atoms with Crippen LogP contribution in [0.2, 0.25) is 0 Å². The minimum Gasteiger partial charge on any atom is -0.497 e. The zero-order valence-electron chi connectivity index (χ0n) is 12.6. The van der Waals surface area contributed by atoms with E-state index in [0.717, 1.165) is 5.69 Å². The topological polar surface area (TPSA) is 73.3 Å². The normalized spacial score (nSPS) is 10.1. The maximum atomic E-state index is 12.0. The van der Waals surface area contributed by atoms with Gasteiger partial charge in [-0.1, -0.05) is 11.8 Å². The van der Waals surface area contributed by atoms with E-state index in [1.807, 2.05) is 13.0 Å². The first-order valence-corrected chi connectivity index (χ1v) is 7.54. The molecule has 2 rings (SSSR count). The van der Waals surface area contributed by atoms with Gasteiger partial charge in [-0.2, -0.15) is 0 Å². The highest BCUT2D eigenvalue weighted by atomic mass is 32.2. The summed E-state index contributed by atoms with van der Waals surface area (Å²) < 4.78 is 10.3. The van der Waals surface area contributed by atoms with Crippen molar-refractivity contribution in [3.05, 3.63) is 36.2 Å². The minimum atomic E-state index is -0.148. The van der Waals surface area contributed by atoms with E-state index in [9.17, 15) is 4.79 Å². The molecule has 1 aromatic carbocycles. The molecule has 0 unspecified atom stereocenters. The summed E-state index contributed by atoms with van der Waals surface area (Å²) in [5, 5.41) is 3.38. The van der Waals surface area contributed by atoms with Gasteiger partial charge in [0.15, 0.2) is 5.16 Å². The van der Waals surface area contributed by atoms with Crippen LogP contribution in [-0.2, 0) is 4.79 Å². The van der Waals surface area contributed by atoms with Crippen molar-refractivity contribution >= 4 is 23.4 Å². The molecule has 0 saturated carbocycles. The second-order valence-electron chi connectivity index (χ2n) is 4.42. The number of amides is 1. The molecule has 1 amide bonds. The quantitative estimate of drug-likeness (QED) is 0.651. The molecule has 0 fully saturated rings. The molecule has 116 valence electrons. The summed E-state index contributed by atoms with van der Waals surface area (Å²) in [6.45, 7) is 1.88. The third-order valence-electron chi connectivity index (χ3n) is 2.74. The Labute approximate surface area is 133 Å². The Hall–Kier alpha value is -2.28. The van der Waals surface area contributed by atoms with Crippen molar-refractivity contribution in [1.82, 2.24) is 9.97 Å². The molecule has 0 atom stereocenters. The molecule has 22 heavy (non-hydrogen) atoms. The molecule has 1 heterocycles. The van der Waals surface area contributed by atoms with E-state index in [0.29, 0.717) is 22.3 Å². The van der Waals surface area contributed by atoms with Gasteiger partial charge in [-0.05, 0) is 13.0 Å². The lowest BCUT2D eigenvalue weighted by Gasteiger charge is -2.09. The fourth-order valence-electron chi connectivity index (χ4n) is 1.70. The third-order valence-corrected chi connectivity index (χ3v) is 3.60. The predicted octanol–water partition coefficient (Wildman–Crippen LogP) is 2.53. The molecule has 0 radical (unpaired) electrons. The van der Waals surface area contributed by atoms with Crippen molar-refractivity contribution in [1.29, 1.82) is 0 Å². The average molecular weight is 319 g/mol. The Bertz CT molecular complexity index is 642. The van der Waals surface area contributed by atoms with E-state index in [1.165, 1.54) is 11.8 Å². The van der Waals surface area contributed by atoms with Crippen LogP contribution >= 0.6 is 11.8 Å². The molecular weight excluding hydrogens is 302 g/mol. The van der Waals surface area contributed by atoms with Gasteiger partial charge >= 0.3 is 0 Å². The first-order valence-electron chi connectivity index (χ1n) is 6.56. The summed E-state index contributed by atoms with van der Waals surface area (Å²) in [6.07, 6.45) is 1.68. The van der Waals surface area contributed by atoms with Crippen LogP contribution in [0.25, 0.3) is 0 Å². The lowest BCUT2D eigenvalue weighted by Crippen LogP contribution is -2.14. The Kier molecular flexibility index (Phi) is 5.60. The molecule has 2 aromatic rings. The van der Waals surface area contributed by atoms with Crippen LogP contribution in [-0.4, -0.2) is 35.8 Å². The molecule has 6 nitrogen and oxygen atoms in total. The molecule has 0 aliphatic rings. The van der Waals surface area contributed by atoms with Crippen LogP contribution in [0, 0.1) is 6.92 Å². The number of carbonyl (C=O) groups is 1. The monoisotopic (exact) mass is 319 g/mol. The summed E-state index contributed by atoms with van der Waals surface area (Å²) in [5.41, 5.74) is 1.49. The van der Waals surface area contributed by atoms with Gasteiger partial charge in [0.1, 0.15) is 11.5 Å². The molecule has 0 bridgehead atoms. The fourth-order valence-corrected chi connectivity index (χ4v) is 2.38. The van der Waals surface area contributed by atoms with Gasteiger partial charge in [0.2, 0.25) is 5.91 Å². The number of rotatable bonds is 6. The zero-order valence-corrected chi connectivity index (χ0v) is 13.4. The van der Waals surface area contributed by atoms with Crippen molar-refractivity contribution in [2.45, 2.75) is 12.1 Å². The standard InChI is InChI=1S/C15H17N3O3S/c1-10-4-5-16-15(17-10)22-9-14(19)18-11-6-12(20-2)8-13(7-11)21-3/h4-8H,9H2,1-3H3,(H,18,19). The van der Waals surface area contributed by atoms with Crippen LogP contribution in [0.3, 0.4) is 0 Å². The van der Waals surface area contributed by atoms with E-state index in [4.69, 9.17) is 9.47 Å². The summed E-state index contributed by atoms with van der Waals surface area (Å²) in [4.78, 5) is 20.3. The number of hydrogen-bond donors (Lipinski definition) is 1. The first-order chi connectivity index (χ1) is 10.6. The van der Waals surface area contributed by atoms with E-state index >= 15 is 0 Å². The number of carbonyl (C=O) groups excluding carboxylic acids is 1. The number of hydrogen-bond acceptors (Lipinski definition) is 6. The Morgan fingerprint density at radius 1 is 1.23 bits per heavy atom. The van der Waals surface area contributed by atoms with Crippen LogP contribution in [0.1, 0.15) is 5.69 Å². The Morgan fingerprint density at radius 3 is 2.50 bits per heavy atom. The number of aromatic nitrogens is 2. The Balaban J connectivity index is 1.97. The van der Waals surface area contributed by atoms with Crippen LogP contribution < -0.4 is 14.8 Å². The molecular formula is C15H17N3O3S. The van der Waals surface area contributed by atoms with Crippen molar-refractivity contribution in [3.63, 3.8) is 0 Å². The minimum absolute atomic E-state index is 0.148. The van der Waals surface area contributed by atoms with Gasteiger partial charge in [0, 0.05) is 35.8 Å². The number of benzene rings is 1. The van der Waals surface area contributed by atoms with Crippen molar-refractivity contribution in [3.8, 4) is 11.5 Å². The second-order valence-corrected chi connectivity index (χ2v) is 5.36. The molecule has 7 heteroatoms. The number of aryl methyl sites for hydroxylation is 1. The van der Waals surface area contributed by atoms with Gasteiger partial charge in [0.05, 0.1) is 20.0 Å². The number of ether oxygens (including phenoxy) is 2. The highest BCUT2D eigenvalue weighted by Gasteiger charge is 2.08. The SMILES string of the molecule is COc1cc(NC(=O)CSc2nccc(C)n2)cc(OC)c1. The molecule has 0 aliphatic heterocycles. The lowest BCUT2D eigenvalue weighted by molar-refractivity contribution is -0.113. The fraction of sp³-hybridized carbons (Fsp3) is 0.267. The van der Waals surface area contributed by atoms with E-state index < -0.39 is 0 Å². The zero-order chi connectivity index (χ0) is 15.9. The number of anilines is 1.